The van der Waals surface area contributed by atoms with Crippen LogP contribution in [0.4, 0.5) is 9.59 Å². The third kappa shape index (κ3) is 17.2. The third-order valence-corrected chi connectivity index (χ3v) is 6.60. The molecule has 2 fully saturated rings. The minimum Gasteiger partial charge on any atom is -0.433 e. The van der Waals surface area contributed by atoms with Crippen molar-refractivity contribution in [3.63, 3.8) is 0 Å². The lowest BCUT2D eigenvalue weighted by molar-refractivity contribution is -0.178. The zero-order chi connectivity index (χ0) is 36.5. The zero-order valence-corrected chi connectivity index (χ0v) is 27.4. The molecule has 2 heterocycles. The Morgan fingerprint density at radius 1 is 0.638 bits per heavy atom. The summed E-state index contributed by atoms with van der Waals surface area (Å²) < 4.78 is 68.0. The highest BCUT2D eigenvalue weighted by molar-refractivity contribution is 7.85. The Morgan fingerprint density at radius 3 is 1.28 bits per heavy atom. The van der Waals surface area contributed by atoms with Gasteiger partial charge >= 0.3 is 12.3 Å². The smallest absolute Gasteiger partial charge is 0.433 e. The number of carbonyl (C=O) groups is 8. The number of likely N-dealkylation sites (N-methyl/N-ethyl adjacent to an activating group) is 1. The number of hydrogen-bond donors (Lipinski definition) is 2. The van der Waals surface area contributed by atoms with Crippen molar-refractivity contribution in [2.45, 2.75) is 59.8 Å². The van der Waals surface area contributed by atoms with Crippen molar-refractivity contribution in [1.29, 1.82) is 0 Å². The molecule has 2 aliphatic rings. The summed E-state index contributed by atoms with van der Waals surface area (Å²) >= 11 is 0. The molecule has 0 aromatic rings. The van der Waals surface area contributed by atoms with E-state index in [0.29, 0.717) is 5.06 Å². The van der Waals surface area contributed by atoms with E-state index in [1.165, 1.54) is 6.92 Å². The lowest BCUT2D eigenvalue weighted by Gasteiger charge is -2.19. The summed E-state index contributed by atoms with van der Waals surface area (Å²) in [6.45, 7) is 5.81. The lowest BCUT2D eigenvalue weighted by Crippen LogP contribution is -2.39. The van der Waals surface area contributed by atoms with E-state index in [1.807, 2.05) is 0 Å². The van der Waals surface area contributed by atoms with E-state index in [0.717, 1.165) is 9.80 Å². The Bertz CT molecular complexity index is 1370. The van der Waals surface area contributed by atoms with Crippen LogP contribution < -0.4 is 0 Å². The quantitative estimate of drug-likeness (QED) is 0.142. The molecule has 2 N–H and O–H groups in total. The first-order chi connectivity index (χ1) is 21.7. The first kappa shape index (κ1) is 42.6. The fourth-order valence-electron chi connectivity index (χ4n) is 3.14. The Balaban J connectivity index is 0.000000725. The van der Waals surface area contributed by atoms with Crippen LogP contribution in [-0.4, -0.2) is 132 Å². The second kappa shape index (κ2) is 20.0. The minimum atomic E-state index is -4.42. The molecule has 22 nitrogen and oxygen atoms in total. The van der Waals surface area contributed by atoms with Crippen LogP contribution >= 0.6 is 0 Å². The summed E-state index contributed by atoms with van der Waals surface area (Å²) in [5, 5.41) is 0.681. The molecule has 0 aliphatic carbocycles. The summed E-state index contributed by atoms with van der Waals surface area (Å²) in [6.07, 6.45) is -2.28. The number of amides is 6. The summed E-state index contributed by atoms with van der Waals surface area (Å²) in [5.74, 6) is -5.22. The Hall–Kier alpha value is -4.42. The normalized spacial score (nSPS) is 14.3. The molecule has 2 rings (SSSR count). The highest BCUT2D eigenvalue weighted by Crippen LogP contribution is 2.13. The van der Waals surface area contributed by atoms with Crippen molar-refractivity contribution in [2.75, 3.05) is 38.1 Å². The molecule has 0 saturated carbocycles. The number of carbonyl (C=O) groups excluding carboxylic acids is 8. The summed E-state index contributed by atoms with van der Waals surface area (Å²) in [4.78, 5) is 99.1. The van der Waals surface area contributed by atoms with Crippen molar-refractivity contribution in [3.05, 3.63) is 0 Å². The van der Waals surface area contributed by atoms with Gasteiger partial charge in [0.15, 0.2) is 6.61 Å². The van der Waals surface area contributed by atoms with E-state index in [2.05, 4.69) is 19.1 Å². The van der Waals surface area contributed by atoms with Gasteiger partial charge in [0.1, 0.15) is 11.8 Å². The Kier molecular flexibility index (Phi) is 18.1. The van der Waals surface area contributed by atoms with Crippen LogP contribution in [0.25, 0.3) is 0 Å². The second-order valence-electron chi connectivity index (χ2n) is 8.84. The van der Waals surface area contributed by atoms with Gasteiger partial charge in [-0.2, -0.15) is 16.8 Å². The monoisotopic (exact) mass is 720 g/mol. The maximum atomic E-state index is 11.6. The highest BCUT2D eigenvalue weighted by Gasteiger charge is 2.34. The maximum Gasteiger partial charge on any atom is 0.534 e. The van der Waals surface area contributed by atoms with Gasteiger partial charge in [0.25, 0.3) is 49.8 Å². The van der Waals surface area contributed by atoms with Gasteiger partial charge in [0.05, 0.1) is 6.61 Å². The molecule has 0 aromatic carbocycles. The van der Waals surface area contributed by atoms with Gasteiger partial charge in [-0.15, -0.1) is 0 Å². The molecule has 0 atom stereocenters. The molecule has 268 valence electrons. The van der Waals surface area contributed by atoms with Crippen LogP contribution in [0.15, 0.2) is 0 Å². The first-order valence-corrected chi connectivity index (χ1v) is 16.8. The number of rotatable bonds is 12. The molecule has 6 amide bonds. The highest BCUT2D eigenvalue weighted by atomic mass is 32.2. The van der Waals surface area contributed by atoms with Crippen LogP contribution in [0.1, 0.15) is 59.8 Å². The van der Waals surface area contributed by atoms with Crippen LogP contribution in [0.2, 0.25) is 0 Å². The summed E-state index contributed by atoms with van der Waals surface area (Å²) in [7, 11) is -8.50. The predicted octanol–water partition coefficient (Wildman–Crippen LogP) is -0.789. The molecule has 0 spiro atoms. The molecule has 0 radical (unpaired) electrons. The van der Waals surface area contributed by atoms with E-state index >= 15 is 0 Å². The largest absolute Gasteiger partial charge is 0.534 e. The number of nitrogens with zero attached hydrogens (tertiary/aromatic N) is 4. The van der Waals surface area contributed by atoms with Gasteiger partial charge in [0.2, 0.25) is 5.91 Å². The fraction of sp³-hybridized carbons (Fsp3) is 0.652. The summed E-state index contributed by atoms with van der Waals surface area (Å²) in [5.41, 5.74) is 0. The third-order valence-electron chi connectivity index (χ3n) is 5.33. The van der Waals surface area contributed by atoms with E-state index < -0.39 is 80.4 Å². The Morgan fingerprint density at radius 2 is 0.979 bits per heavy atom. The molecular weight excluding hydrogens is 684 g/mol. The van der Waals surface area contributed by atoms with E-state index in [4.69, 9.17) is 9.11 Å². The molecule has 2 saturated heterocycles. The Labute approximate surface area is 269 Å². The van der Waals surface area contributed by atoms with Gasteiger partial charge in [0, 0.05) is 45.2 Å². The number of imide groups is 2. The fourth-order valence-corrected chi connectivity index (χ4v) is 4.58. The van der Waals surface area contributed by atoms with Gasteiger partial charge in [-0.25, -0.2) is 9.59 Å². The number of ether oxygens (including phenoxy) is 2. The first-order valence-electron chi connectivity index (χ1n) is 13.6. The minimum absolute atomic E-state index is 0.0554. The van der Waals surface area contributed by atoms with Crippen LogP contribution in [-0.2, 0) is 68.2 Å². The zero-order valence-electron chi connectivity index (χ0n) is 25.8. The maximum absolute atomic E-state index is 11.6. The molecule has 0 bridgehead atoms. The molecule has 0 aromatic heterocycles. The van der Waals surface area contributed by atoms with E-state index in [1.54, 1.807) is 20.8 Å². The van der Waals surface area contributed by atoms with Gasteiger partial charge in [-0.05, 0) is 20.8 Å². The number of hydrogen-bond acceptors (Lipinski definition) is 16. The molecule has 24 heteroatoms. The predicted molar refractivity (Wildman–Crippen MR) is 151 cm³/mol. The van der Waals surface area contributed by atoms with Crippen molar-refractivity contribution in [3.8, 4) is 0 Å². The van der Waals surface area contributed by atoms with E-state index in [-0.39, 0.29) is 62.8 Å². The molecule has 0 unspecified atom stereocenters. The van der Waals surface area contributed by atoms with Crippen molar-refractivity contribution < 1.29 is 83.4 Å². The molecule has 47 heavy (non-hydrogen) atoms. The lowest BCUT2D eigenvalue weighted by atomic mass is 10.4. The van der Waals surface area contributed by atoms with Crippen LogP contribution in [0, 0.1) is 0 Å². The van der Waals surface area contributed by atoms with Crippen LogP contribution in [0.3, 0.4) is 0 Å². The summed E-state index contributed by atoms with van der Waals surface area (Å²) in [6, 6.07) is 0. The van der Waals surface area contributed by atoms with Gasteiger partial charge < -0.3 is 19.3 Å². The average Bonchev–Trinajstić information content (AvgIpc) is 3.47. The van der Waals surface area contributed by atoms with E-state index in [9.17, 15) is 55.2 Å². The van der Waals surface area contributed by atoms with Gasteiger partial charge in [-0.3, -0.25) is 47.5 Å². The second-order valence-corrected chi connectivity index (χ2v) is 11.7. The molecular formula is C23H36N4O18S2. The van der Waals surface area contributed by atoms with Crippen molar-refractivity contribution >= 4 is 68.0 Å². The topological polar surface area (TPSA) is 295 Å². The standard InChI is InChI=1S/C10H14N2O9S.C7H9NO5.C6H13NO4S/c1-2-11(6-22(17,18)19)9(15)5-20-10(16)21-12-7(13)3-4-8(12)14;1-2-12-7(11)13-8-5(9)3-4-6(8)10;1-3-6(8)7(4-2)5-12(9,10)11/h2-6H2,1H3,(H,17,18,19);2-4H2,1H3;3-5H2,1-2H3,(H,9,10,11). The number of hydroxylamine groups is 4. The van der Waals surface area contributed by atoms with Crippen molar-refractivity contribution in [1.82, 2.24) is 19.9 Å². The molecule has 2 aliphatic heterocycles. The van der Waals surface area contributed by atoms with Crippen LogP contribution in [0.5, 0.6) is 0 Å². The van der Waals surface area contributed by atoms with Crippen molar-refractivity contribution in [2.24, 2.45) is 0 Å². The SMILES string of the molecule is CCC(=O)N(CC)CS(=O)(=O)O.CCN(CS(=O)(=O)O)C(=O)COC(=O)ON1C(=O)CCC1=O.CCOC(=O)ON1C(=O)CCC1=O. The van der Waals surface area contributed by atoms with Gasteiger partial charge in [-0.1, -0.05) is 17.1 Å². The average molecular weight is 721 g/mol.